The Hall–Kier alpha value is -1.68. The third kappa shape index (κ3) is 3.89. The van der Waals surface area contributed by atoms with Gasteiger partial charge in [-0.05, 0) is 32.0 Å². The first kappa shape index (κ1) is 13.7. The molecule has 2 rings (SSSR count). The van der Waals surface area contributed by atoms with Gasteiger partial charge in [0.1, 0.15) is 5.69 Å². The van der Waals surface area contributed by atoms with Gasteiger partial charge in [0, 0.05) is 6.04 Å². The molecule has 0 atom stereocenters. The number of hydrogen-bond donors (Lipinski definition) is 1. The number of ether oxygens (including phenoxy) is 1. The second kappa shape index (κ2) is 6.48. The Balaban J connectivity index is 1.95. The van der Waals surface area contributed by atoms with Gasteiger partial charge in [0.25, 0.3) is 0 Å². The van der Waals surface area contributed by atoms with E-state index >= 15 is 0 Å². The second-order valence-corrected chi connectivity index (χ2v) is 4.91. The molecule has 0 aliphatic heterocycles. The largest absolute Gasteiger partial charge is 0.476 e. The molecule has 1 N–H and O–H groups in total. The van der Waals surface area contributed by atoms with Crippen LogP contribution in [-0.4, -0.2) is 29.2 Å². The summed E-state index contributed by atoms with van der Waals surface area (Å²) in [5.41, 5.74) is 2.63. The highest BCUT2D eigenvalue weighted by atomic mass is 16.5. The molecule has 102 valence electrons. The minimum Gasteiger partial charge on any atom is -0.476 e. The molecule has 1 aromatic carbocycles. The summed E-state index contributed by atoms with van der Waals surface area (Å²) in [6.45, 7) is 7.83. The van der Waals surface area contributed by atoms with Gasteiger partial charge in [-0.1, -0.05) is 26.0 Å². The van der Waals surface area contributed by atoms with E-state index in [0.29, 0.717) is 18.5 Å². The highest BCUT2D eigenvalue weighted by Crippen LogP contribution is 2.17. The van der Waals surface area contributed by atoms with Gasteiger partial charge in [0.15, 0.2) is 0 Å². The summed E-state index contributed by atoms with van der Waals surface area (Å²) < 4.78 is 5.71. The second-order valence-electron chi connectivity index (χ2n) is 4.91. The first-order valence-electron chi connectivity index (χ1n) is 6.76. The zero-order valence-corrected chi connectivity index (χ0v) is 11.8. The van der Waals surface area contributed by atoms with Gasteiger partial charge in [-0.2, -0.15) is 0 Å². The summed E-state index contributed by atoms with van der Waals surface area (Å²) in [5, 5.41) is 3.36. The number of rotatable bonds is 6. The van der Waals surface area contributed by atoms with Crippen molar-refractivity contribution in [1.29, 1.82) is 0 Å². The van der Waals surface area contributed by atoms with Crippen LogP contribution in [0.25, 0.3) is 11.0 Å². The lowest BCUT2D eigenvalue weighted by molar-refractivity contribution is 0.292. The summed E-state index contributed by atoms with van der Waals surface area (Å²) in [6.07, 6.45) is 0.964. The van der Waals surface area contributed by atoms with Gasteiger partial charge in [-0.3, -0.25) is 0 Å². The molecule has 0 bridgehead atoms. The summed E-state index contributed by atoms with van der Waals surface area (Å²) in [6, 6.07) is 8.36. The van der Waals surface area contributed by atoms with Crippen molar-refractivity contribution < 1.29 is 4.74 Å². The Morgan fingerprint density at radius 1 is 1.16 bits per heavy atom. The molecule has 4 nitrogen and oxygen atoms in total. The van der Waals surface area contributed by atoms with Crippen LogP contribution in [0, 0.1) is 6.92 Å². The minimum absolute atomic E-state index is 0.516. The number of aromatic nitrogens is 2. The van der Waals surface area contributed by atoms with E-state index in [1.165, 1.54) is 0 Å². The molecule has 0 unspecified atom stereocenters. The Morgan fingerprint density at radius 2 is 1.84 bits per heavy atom. The van der Waals surface area contributed by atoms with E-state index in [-0.39, 0.29) is 0 Å². The van der Waals surface area contributed by atoms with Gasteiger partial charge in [-0.15, -0.1) is 0 Å². The van der Waals surface area contributed by atoms with E-state index in [2.05, 4.69) is 29.1 Å². The third-order valence-electron chi connectivity index (χ3n) is 2.81. The fourth-order valence-electron chi connectivity index (χ4n) is 1.84. The maximum absolute atomic E-state index is 5.71. The van der Waals surface area contributed by atoms with E-state index in [1.807, 2.05) is 31.2 Å². The van der Waals surface area contributed by atoms with Crippen molar-refractivity contribution >= 4 is 11.0 Å². The number of para-hydroxylation sites is 2. The van der Waals surface area contributed by atoms with Crippen molar-refractivity contribution in [3.05, 3.63) is 30.0 Å². The molecular weight excluding hydrogens is 238 g/mol. The summed E-state index contributed by atoms with van der Waals surface area (Å²) >= 11 is 0. The lowest BCUT2D eigenvalue weighted by atomic mass is 10.3. The van der Waals surface area contributed by atoms with Crippen LogP contribution in [-0.2, 0) is 0 Å². The monoisotopic (exact) mass is 259 g/mol. The average molecular weight is 259 g/mol. The molecule has 0 aliphatic carbocycles. The molecule has 0 spiro atoms. The van der Waals surface area contributed by atoms with Gasteiger partial charge >= 0.3 is 0 Å². The van der Waals surface area contributed by atoms with E-state index in [0.717, 1.165) is 29.7 Å². The molecule has 2 aromatic rings. The molecule has 0 saturated heterocycles. The van der Waals surface area contributed by atoms with Crippen LogP contribution in [0.5, 0.6) is 5.88 Å². The molecular formula is C15H21N3O. The van der Waals surface area contributed by atoms with E-state index in [9.17, 15) is 0 Å². The smallest absolute Gasteiger partial charge is 0.235 e. The number of nitrogens with zero attached hydrogens (tertiary/aromatic N) is 2. The summed E-state index contributed by atoms with van der Waals surface area (Å²) in [5.74, 6) is 0.642. The van der Waals surface area contributed by atoms with Crippen LogP contribution in [0.3, 0.4) is 0 Å². The van der Waals surface area contributed by atoms with Crippen molar-refractivity contribution in [3.8, 4) is 5.88 Å². The van der Waals surface area contributed by atoms with Gasteiger partial charge < -0.3 is 10.1 Å². The molecule has 0 saturated carbocycles. The van der Waals surface area contributed by atoms with Gasteiger partial charge in [-0.25, -0.2) is 9.97 Å². The van der Waals surface area contributed by atoms with Crippen LogP contribution in [0.15, 0.2) is 24.3 Å². The Morgan fingerprint density at radius 3 is 2.53 bits per heavy atom. The molecule has 0 amide bonds. The highest BCUT2D eigenvalue weighted by Gasteiger charge is 2.05. The lowest BCUT2D eigenvalue weighted by Gasteiger charge is -2.10. The van der Waals surface area contributed by atoms with E-state index < -0.39 is 0 Å². The summed E-state index contributed by atoms with van der Waals surface area (Å²) in [7, 11) is 0. The first-order valence-corrected chi connectivity index (χ1v) is 6.76. The van der Waals surface area contributed by atoms with Crippen LogP contribution in [0.4, 0.5) is 0 Å². The minimum atomic E-state index is 0.516. The van der Waals surface area contributed by atoms with Gasteiger partial charge in [0.2, 0.25) is 5.88 Å². The van der Waals surface area contributed by atoms with Crippen molar-refractivity contribution in [2.24, 2.45) is 0 Å². The number of hydrogen-bond acceptors (Lipinski definition) is 4. The first-order chi connectivity index (χ1) is 9.16. The number of nitrogens with one attached hydrogen (secondary N) is 1. The van der Waals surface area contributed by atoms with Crippen LogP contribution in [0.1, 0.15) is 26.0 Å². The quantitative estimate of drug-likeness (QED) is 0.810. The molecule has 19 heavy (non-hydrogen) atoms. The van der Waals surface area contributed by atoms with Crippen molar-refractivity contribution in [2.75, 3.05) is 13.2 Å². The van der Waals surface area contributed by atoms with Crippen LogP contribution < -0.4 is 10.1 Å². The van der Waals surface area contributed by atoms with Crippen LogP contribution >= 0.6 is 0 Å². The van der Waals surface area contributed by atoms with Crippen LogP contribution in [0.2, 0.25) is 0 Å². The molecule has 1 heterocycles. The standard InChI is InChI=1S/C15H21N3O/c1-11(2)16-9-6-10-19-15-12(3)17-13-7-4-5-8-14(13)18-15/h4-5,7-8,11,16H,6,9-10H2,1-3H3. The number of benzene rings is 1. The predicted molar refractivity (Wildman–Crippen MR) is 77.5 cm³/mol. The number of fused-ring (bicyclic) bond motifs is 1. The lowest BCUT2D eigenvalue weighted by Crippen LogP contribution is -2.24. The van der Waals surface area contributed by atoms with Crippen molar-refractivity contribution in [1.82, 2.24) is 15.3 Å². The fraction of sp³-hybridized carbons (Fsp3) is 0.467. The van der Waals surface area contributed by atoms with Crippen molar-refractivity contribution in [3.63, 3.8) is 0 Å². The fourth-order valence-corrected chi connectivity index (χ4v) is 1.84. The van der Waals surface area contributed by atoms with E-state index in [4.69, 9.17) is 4.74 Å². The molecule has 0 radical (unpaired) electrons. The Bertz CT molecular complexity index is 540. The third-order valence-corrected chi connectivity index (χ3v) is 2.81. The molecule has 0 aliphatic rings. The summed E-state index contributed by atoms with van der Waals surface area (Å²) in [4.78, 5) is 9.00. The number of aryl methyl sites for hydroxylation is 1. The topological polar surface area (TPSA) is 47.0 Å². The predicted octanol–water partition coefficient (Wildman–Crippen LogP) is 2.71. The maximum Gasteiger partial charge on any atom is 0.235 e. The average Bonchev–Trinajstić information content (AvgIpc) is 2.38. The van der Waals surface area contributed by atoms with E-state index in [1.54, 1.807) is 0 Å². The Labute approximate surface area is 114 Å². The normalized spacial score (nSPS) is 11.2. The van der Waals surface area contributed by atoms with Gasteiger partial charge in [0.05, 0.1) is 17.6 Å². The maximum atomic E-state index is 5.71. The SMILES string of the molecule is Cc1nc2ccccc2nc1OCCCNC(C)C. The Kier molecular flexibility index (Phi) is 4.68. The zero-order chi connectivity index (χ0) is 13.7. The zero-order valence-electron chi connectivity index (χ0n) is 11.8. The highest BCUT2D eigenvalue weighted by molar-refractivity contribution is 5.74. The molecule has 1 aromatic heterocycles. The van der Waals surface area contributed by atoms with Crippen molar-refractivity contribution in [2.45, 2.75) is 33.2 Å². The molecule has 0 fully saturated rings. The molecule has 4 heteroatoms.